The van der Waals surface area contributed by atoms with Gasteiger partial charge in [-0.25, -0.2) is 8.42 Å². The van der Waals surface area contributed by atoms with E-state index in [0.29, 0.717) is 15.2 Å². The Morgan fingerprint density at radius 3 is 2.47 bits per heavy atom. The van der Waals surface area contributed by atoms with Gasteiger partial charge in [-0.2, -0.15) is 4.99 Å². The average molecular weight is 564 g/mol. The molecule has 0 aliphatic carbocycles. The van der Waals surface area contributed by atoms with Gasteiger partial charge in [0.05, 0.1) is 38.5 Å². The molecular formula is C24H19Cl2N3O5S2. The van der Waals surface area contributed by atoms with Crippen molar-refractivity contribution < 1.29 is 22.7 Å². The minimum atomic E-state index is -3.96. The molecule has 0 aliphatic heterocycles. The molecule has 0 unspecified atom stereocenters. The molecule has 4 rings (SSSR count). The molecule has 1 amide bonds. The number of nitrogens with zero attached hydrogens (tertiary/aromatic N) is 2. The Kier molecular flexibility index (Phi) is 7.51. The molecule has 1 N–H and O–H groups in total. The van der Waals surface area contributed by atoms with Crippen molar-refractivity contribution in [2.24, 2.45) is 4.99 Å². The summed E-state index contributed by atoms with van der Waals surface area (Å²) in [6, 6.07) is 15.6. The van der Waals surface area contributed by atoms with Crippen LogP contribution in [0.5, 0.6) is 0 Å². The number of hydrogen-bond donors (Lipinski definition) is 1. The van der Waals surface area contributed by atoms with Crippen LogP contribution in [0.15, 0.2) is 70.6 Å². The van der Waals surface area contributed by atoms with Crippen molar-refractivity contribution in [2.75, 3.05) is 11.8 Å². The van der Waals surface area contributed by atoms with Gasteiger partial charge in [-0.05, 0) is 43.3 Å². The van der Waals surface area contributed by atoms with Crippen molar-refractivity contribution in [1.82, 2.24) is 4.57 Å². The fraction of sp³-hybridized carbons (Fsp3) is 0.125. The molecule has 0 aliphatic rings. The van der Waals surface area contributed by atoms with Gasteiger partial charge >= 0.3 is 5.97 Å². The van der Waals surface area contributed by atoms with Gasteiger partial charge in [0.2, 0.25) is 0 Å². The van der Waals surface area contributed by atoms with Crippen LogP contribution in [0.4, 0.5) is 5.69 Å². The fourth-order valence-corrected chi connectivity index (χ4v) is 6.27. The summed E-state index contributed by atoms with van der Waals surface area (Å²) in [6.45, 7) is 1.60. The largest absolute Gasteiger partial charge is 0.468 e. The quantitative estimate of drug-likeness (QED) is 0.331. The highest BCUT2D eigenvalue weighted by Gasteiger charge is 2.20. The number of benzene rings is 3. The third-order valence-electron chi connectivity index (χ3n) is 5.14. The molecule has 0 atom stereocenters. The molecule has 1 aromatic heterocycles. The normalized spacial score (nSPS) is 12.1. The number of anilines is 1. The number of fused-ring (bicyclic) bond motifs is 1. The summed E-state index contributed by atoms with van der Waals surface area (Å²) in [6.07, 6.45) is 0. The number of ether oxygens (including phenoxy) is 1. The molecule has 1 heterocycles. The number of aromatic nitrogens is 1. The summed E-state index contributed by atoms with van der Waals surface area (Å²) < 4.78 is 35.1. The lowest BCUT2D eigenvalue weighted by Crippen LogP contribution is -2.23. The summed E-state index contributed by atoms with van der Waals surface area (Å²) in [5.41, 5.74) is 1.47. The van der Waals surface area contributed by atoms with E-state index in [1.807, 2.05) is 6.92 Å². The molecule has 0 saturated heterocycles. The van der Waals surface area contributed by atoms with Crippen LogP contribution in [0, 0.1) is 6.92 Å². The molecule has 0 fully saturated rings. The maximum atomic E-state index is 13.3. The number of sulfonamides is 1. The van der Waals surface area contributed by atoms with Crippen LogP contribution in [-0.2, 0) is 26.1 Å². The molecule has 8 nitrogen and oxygen atoms in total. The first-order valence-corrected chi connectivity index (χ1v) is 13.5. The van der Waals surface area contributed by atoms with Crippen molar-refractivity contribution in [3.05, 3.63) is 86.6 Å². The predicted octanol–water partition coefficient (Wildman–Crippen LogP) is 5.03. The van der Waals surface area contributed by atoms with Crippen molar-refractivity contribution in [2.45, 2.75) is 18.4 Å². The second-order valence-corrected chi connectivity index (χ2v) is 11.2. The first-order chi connectivity index (χ1) is 17.1. The van der Waals surface area contributed by atoms with Gasteiger partial charge in [0.25, 0.3) is 15.9 Å². The van der Waals surface area contributed by atoms with Gasteiger partial charge in [0.15, 0.2) is 4.80 Å². The van der Waals surface area contributed by atoms with Crippen LogP contribution in [0.2, 0.25) is 10.0 Å². The molecule has 4 aromatic rings. The predicted molar refractivity (Wildman–Crippen MR) is 140 cm³/mol. The van der Waals surface area contributed by atoms with Crippen LogP contribution >= 0.6 is 34.5 Å². The van der Waals surface area contributed by atoms with E-state index >= 15 is 0 Å². The van der Waals surface area contributed by atoms with Gasteiger partial charge in [0.1, 0.15) is 6.54 Å². The number of para-hydroxylation sites is 1. The number of rotatable bonds is 6. The van der Waals surface area contributed by atoms with E-state index in [9.17, 15) is 18.0 Å². The van der Waals surface area contributed by atoms with Crippen molar-refractivity contribution in [3.8, 4) is 0 Å². The Balaban J connectivity index is 1.79. The zero-order valence-corrected chi connectivity index (χ0v) is 22.1. The molecule has 0 radical (unpaired) electrons. The summed E-state index contributed by atoms with van der Waals surface area (Å²) in [5, 5.41) is 0.658. The molecule has 0 bridgehead atoms. The molecule has 36 heavy (non-hydrogen) atoms. The SMILES string of the molecule is COC(=O)Cn1c(=NC(=O)c2ccccc2NS(=O)(=O)c2ccc(C)cc2)sc2cc(Cl)cc(Cl)c21. The van der Waals surface area contributed by atoms with Gasteiger partial charge in [-0.3, -0.25) is 14.3 Å². The molecular weight excluding hydrogens is 545 g/mol. The highest BCUT2D eigenvalue weighted by atomic mass is 35.5. The Morgan fingerprint density at radius 2 is 1.78 bits per heavy atom. The second kappa shape index (κ2) is 10.4. The molecule has 0 spiro atoms. The molecule has 0 saturated carbocycles. The number of aryl methyl sites for hydroxylation is 1. The summed E-state index contributed by atoms with van der Waals surface area (Å²) >= 11 is 13.6. The van der Waals surface area contributed by atoms with E-state index in [-0.39, 0.29) is 32.5 Å². The third kappa shape index (κ3) is 5.46. The van der Waals surface area contributed by atoms with Crippen molar-refractivity contribution in [1.29, 1.82) is 0 Å². The van der Waals surface area contributed by atoms with Crippen LogP contribution in [-0.4, -0.2) is 32.0 Å². The maximum Gasteiger partial charge on any atom is 0.325 e. The van der Waals surface area contributed by atoms with E-state index in [0.717, 1.165) is 16.9 Å². The van der Waals surface area contributed by atoms with Crippen LogP contribution in [0.1, 0.15) is 15.9 Å². The lowest BCUT2D eigenvalue weighted by Gasteiger charge is -2.11. The lowest BCUT2D eigenvalue weighted by molar-refractivity contribution is -0.141. The Bertz CT molecular complexity index is 1660. The number of thiazole rings is 1. The maximum absolute atomic E-state index is 13.3. The van der Waals surface area contributed by atoms with Crippen molar-refractivity contribution in [3.63, 3.8) is 0 Å². The number of halogens is 2. The Hall–Kier alpha value is -3.18. The molecule has 12 heteroatoms. The second-order valence-electron chi connectivity index (χ2n) is 7.66. The van der Waals surface area contributed by atoms with Gasteiger partial charge < -0.3 is 9.30 Å². The Morgan fingerprint density at radius 1 is 1.08 bits per heavy atom. The number of methoxy groups -OCH3 is 1. The fourth-order valence-electron chi connectivity index (χ4n) is 3.38. The van der Waals surface area contributed by atoms with E-state index in [1.165, 1.54) is 42.0 Å². The third-order valence-corrected chi connectivity index (χ3v) is 8.05. The van der Waals surface area contributed by atoms with E-state index in [2.05, 4.69) is 9.71 Å². The number of amides is 1. The van der Waals surface area contributed by atoms with Crippen LogP contribution < -0.4 is 9.52 Å². The number of carbonyl (C=O) groups excluding carboxylic acids is 2. The molecule has 186 valence electrons. The number of carbonyl (C=O) groups is 2. The minimum absolute atomic E-state index is 0.0272. The topological polar surface area (TPSA) is 107 Å². The van der Waals surface area contributed by atoms with Gasteiger partial charge in [0, 0.05) is 5.02 Å². The van der Waals surface area contributed by atoms with E-state index in [4.69, 9.17) is 27.9 Å². The summed E-state index contributed by atoms with van der Waals surface area (Å²) in [7, 11) is -2.71. The minimum Gasteiger partial charge on any atom is -0.468 e. The average Bonchev–Trinajstić information content (AvgIpc) is 3.15. The van der Waals surface area contributed by atoms with Gasteiger partial charge in [-0.15, -0.1) is 0 Å². The number of nitrogens with one attached hydrogen (secondary N) is 1. The summed E-state index contributed by atoms with van der Waals surface area (Å²) in [5.74, 6) is -1.29. The highest BCUT2D eigenvalue weighted by Crippen LogP contribution is 2.30. The zero-order valence-electron chi connectivity index (χ0n) is 19.0. The zero-order chi connectivity index (χ0) is 26.0. The first-order valence-electron chi connectivity index (χ1n) is 10.4. The molecule has 3 aromatic carbocycles. The summed E-state index contributed by atoms with van der Waals surface area (Å²) in [4.78, 5) is 29.7. The van der Waals surface area contributed by atoms with E-state index < -0.39 is 21.9 Å². The van der Waals surface area contributed by atoms with Crippen LogP contribution in [0.3, 0.4) is 0 Å². The van der Waals surface area contributed by atoms with Gasteiger partial charge in [-0.1, -0.05) is 64.4 Å². The standard InChI is InChI=1S/C24H19Cl2N3O5S2/c1-14-7-9-16(10-8-14)36(32,33)28-19-6-4-3-5-17(19)23(31)27-24-29(13-21(30)34-2)22-18(26)11-15(25)12-20(22)35-24/h3-12,28H,13H2,1-2H3. The first kappa shape index (κ1) is 25.9. The lowest BCUT2D eigenvalue weighted by atomic mass is 10.2. The monoisotopic (exact) mass is 563 g/mol. The van der Waals surface area contributed by atoms with Crippen molar-refractivity contribution >= 4 is 72.3 Å². The highest BCUT2D eigenvalue weighted by molar-refractivity contribution is 7.92. The Labute approximate surface area is 220 Å². The van der Waals surface area contributed by atoms with Crippen LogP contribution in [0.25, 0.3) is 10.2 Å². The van der Waals surface area contributed by atoms with E-state index in [1.54, 1.807) is 30.3 Å². The smallest absolute Gasteiger partial charge is 0.325 e. The number of esters is 1. The number of hydrogen-bond acceptors (Lipinski definition) is 6.